The number of hydrogen-bond acceptors (Lipinski definition) is 4. The van der Waals surface area contributed by atoms with Gasteiger partial charge >= 0.3 is 5.97 Å². The van der Waals surface area contributed by atoms with Crippen molar-refractivity contribution >= 4 is 27.3 Å². The molecule has 0 amide bonds. The zero-order chi connectivity index (χ0) is 12.6. The van der Waals surface area contributed by atoms with Crippen molar-refractivity contribution in [3.05, 3.63) is 29.2 Å². The molecule has 92 valence electrons. The Bertz CT molecular complexity index is 559. The fraction of sp³-hybridized carbons (Fsp3) is 0.300. The van der Waals surface area contributed by atoms with Crippen LogP contribution in [0.4, 0.5) is 0 Å². The maximum Gasteiger partial charge on any atom is 0.326 e. The minimum Gasteiger partial charge on any atom is -0.480 e. The Hall–Kier alpha value is -1.18. The molecule has 0 radical (unpaired) electrons. The largest absolute Gasteiger partial charge is 0.480 e. The molecule has 2 heterocycles. The van der Waals surface area contributed by atoms with Crippen molar-refractivity contribution in [2.45, 2.75) is 17.2 Å². The van der Waals surface area contributed by atoms with E-state index in [-0.39, 0.29) is 10.8 Å². The van der Waals surface area contributed by atoms with Crippen LogP contribution in [0.5, 0.6) is 0 Å². The molecule has 1 atom stereocenters. The molecule has 7 heteroatoms. The Balaban J connectivity index is 2.40. The van der Waals surface area contributed by atoms with Crippen LogP contribution in [0.1, 0.15) is 6.92 Å². The first-order valence-corrected chi connectivity index (χ1v) is 7.21. The molecule has 0 fully saturated rings. The van der Waals surface area contributed by atoms with E-state index in [0.717, 1.165) is 15.6 Å². The summed E-state index contributed by atoms with van der Waals surface area (Å²) in [6.07, 6.45) is 1.63. The molecule has 1 aliphatic rings. The Kier molecular flexibility index (Phi) is 3.07. The van der Waals surface area contributed by atoms with Gasteiger partial charge in [0.05, 0.1) is 0 Å². The second-order valence-electron chi connectivity index (χ2n) is 3.70. The zero-order valence-electron chi connectivity index (χ0n) is 9.03. The van der Waals surface area contributed by atoms with Gasteiger partial charge in [0.1, 0.15) is 10.3 Å². The summed E-state index contributed by atoms with van der Waals surface area (Å²) in [5.41, 5.74) is 0.553. The summed E-state index contributed by atoms with van der Waals surface area (Å²) in [7, 11) is -3.70. The number of carboxylic acid groups (broad SMARTS) is 1. The van der Waals surface area contributed by atoms with Gasteiger partial charge in [0.25, 0.3) is 10.0 Å². The number of thiophene rings is 1. The van der Waals surface area contributed by atoms with Gasteiger partial charge in [0.2, 0.25) is 0 Å². The van der Waals surface area contributed by atoms with Crippen LogP contribution < -0.4 is 0 Å². The Morgan fingerprint density at radius 2 is 2.29 bits per heavy atom. The van der Waals surface area contributed by atoms with Crippen LogP contribution in [0, 0.1) is 0 Å². The van der Waals surface area contributed by atoms with Crippen LogP contribution in [0.25, 0.3) is 0 Å². The van der Waals surface area contributed by atoms with Gasteiger partial charge in [0.15, 0.2) is 0 Å². The van der Waals surface area contributed by atoms with Gasteiger partial charge in [0, 0.05) is 6.54 Å². The maximum atomic E-state index is 12.2. The summed E-state index contributed by atoms with van der Waals surface area (Å²) in [4.78, 5) is 11.1. The fourth-order valence-electron chi connectivity index (χ4n) is 1.76. The predicted octanol–water partition coefficient (Wildman–Crippen LogP) is 1.15. The lowest BCUT2D eigenvalue weighted by molar-refractivity contribution is -0.139. The van der Waals surface area contributed by atoms with E-state index in [1.165, 1.54) is 6.07 Å². The zero-order valence-corrected chi connectivity index (χ0v) is 10.7. The van der Waals surface area contributed by atoms with Crippen LogP contribution >= 0.6 is 11.3 Å². The third kappa shape index (κ3) is 2.01. The van der Waals surface area contributed by atoms with Gasteiger partial charge in [-0.1, -0.05) is 12.1 Å². The molecule has 0 aromatic carbocycles. The van der Waals surface area contributed by atoms with E-state index in [1.807, 2.05) is 0 Å². The highest BCUT2D eigenvalue weighted by atomic mass is 32.2. The SMILES string of the molecule is CC1=CCN(S(=O)(=O)c2cccs2)C1C(=O)O. The van der Waals surface area contributed by atoms with Crippen LogP contribution in [0.2, 0.25) is 0 Å². The predicted molar refractivity (Wildman–Crippen MR) is 63.4 cm³/mol. The van der Waals surface area contributed by atoms with Crippen molar-refractivity contribution in [3.8, 4) is 0 Å². The smallest absolute Gasteiger partial charge is 0.326 e. The average molecular weight is 273 g/mol. The molecule has 0 spiro atoms. The van der Waals surface area contributed by atoms with Gasteiger partial charge in [-0.25, -0.2) is 8.42 Å². The highest BCUT2D eigenvalue weighted by Gasteiger charge is 2.40. The molecule has 17 heavy (non-hydrogen) atoms. The molecule has 0 saturated heterocycles. The van der Waals surface area contributed by atoms with E-state index in [2.05, 4.69) is 0 Å². The summed E-state index contributed by atoms with van der Waals surface area (Å²) in [5, 5.41) is 10.7. The molecular weight excluding hydrogens is 262 g/mol. The summed E-state index contributed by atoms with van der Waals surface area (Å²) in [6.45, 7) is 1.74. The number of aliphatic carboxylic acids is 1. The van der Waals surface area contributed by atoms with Crippen LogP contribution in [0.15, 0.2) is 33.4 Å². The number of carboxylic acids is 1. The van der Waals surface area contributed by atoms with Crippen molar-refractivity contribution in [1.29, 1.82) is 0 Å². The minimum absolute atomic E-state index is 0.114. The van der Waals surface area contributed by atoms with Gasteiger partial charge in [-0.15, -0.1) is 11.3 Å². The van der Waals surface area contributed by atoms with E-state index in [0.29, 0.717) is 5.57 Å². The van der Waals surface area contributed by atoms with Crippen molar-refractivity contribution in [1.82, 2.24) is 4.31 Å². The number of sulfonamides is 1. The van der Waals surface area contributed by atoms with Crippen LogP contribution in [-0.4, -0.2) is 36.4 Å². The van der Waals surface area contributed by atoms with Crippen molar-refractivity contribution in [2.24, 2.45) is 0 Å². The first-order chi connectivity index (χ1) is 7.94. The number of carbonyl (C=O) groups is 1. The van der Waals surface area contributed by atoms with E-state index in [9.17, 15) is 13.2 Å². The fourth-order valence-corrected chi connectivity index (χ4v) is 4.43. The van der Waals surface area contributed by atoms with E-state index >= 15 is 0 Å². The molecule has 0 saturated carbocycles. The van der Waals surface area contributed by atoms with E-state index < -0.39 is 22.0 Å². The first kappa shape index (κ1) is 12.3. The normalized spacial score (nSPS) is 21.5. The van der Waals surface area contributed by atoms with Gasteiger partial charge in [-0.3, -0.25) is 4.79 Å². The molecule has 1 N–H and O–H groups in total. The number of rotatable bonds is 3. The van der Waals surface area contributed by atoms with Crippen molar-refractivity contribution < 1.29 is 18.3 Å². The standard InChI is InChI=1S/C10H11NO4S2/c1-7-4-5-11(9(7)10(12)13)17(14,15)8-3-2-6-16-8/h2-4,6,9H,5H2,1H3,(H,12,13). The topological polar surface area (TPSA) is 74.7 Å². The van der Waals surface area contributed by atoms with Gasteiger partial charge in [-0.05, 0) is 23.9 Å². The second kappa shape index (κ2) is 4.25. The molecule has 1 aromatic heterocycles. The van der Waals surface area contributed by atoms with Crippen molar-refractivity contribution in [3.63, 3.8) is 0 Å². The number of nitrogens with zero attached hydrogens (tertiary/aromatic N) is 1. The molecule has 1 aliphatic heterocycles. The molecule has 0 aliphatic carbocycles. The highest BCUT2D eigenvalue weighted by molar-refractivity contribution is 7.91. The average Bonchev–Trinajstić information content (AvgIpc) is 2.84. The summed E-state index contributed by atoms with van der Waals surface area (Å²) in [6, 6.07) is 2.03. The lowest BCUT2D eigenvalue weighted by Gasteiger charge is -2.21. The Morgan fingerprint density at radius 1 is 1.59 bits per heavy atom. The van der Waals surface area contributed by atoms with Crippen LogP contribution in [-0.2, 0) is 14.8 Å². The van der Waals surface area contributed by atoms with E-state index in [1.54, 1.807) is 24.4 Å². The molecule has 5 nitrogen and oxygen atoms in total. The van der Waals surface area contributed by atoms with E-state index in [4.69, 9.17) is 5.11 Å². The molecule has 1 aromatic rings. The second-order valence-corrected chi connectivity index (χ2v) is 6.76. The molecule has 1 unspecified atom stereocenters. The number of hydrogen-bond donors (Lipinski definition) is 1. The Labute approximate surface area is 103 Å². The quantitative estimate of drug-likeness (QED) is 0.838. The lowest BCUT2D eigenvalue weighted by atomic mass is 10.2. The van der Waals surface area contributed by atoms with Crippen molar-refractivity contribution in [2.75, 3.05) is 6.54 Å². The third-order valence-corrected chi connectivity index (χ3v) is 5.81. The Morgan fingerprint density at radius 3 is 2.82 bits per heavy atom. The molecular formula is C10H11NO4S2. The lowest BCUT2D eigenvalue weighted by Crippen LogP contribution is -2.41. The highest BCUT2D eigenvalue weighted by Crippen LogP contribution is 2.28. The van der Waals surface area contributed by atoms with Gasteiger partial charge in [-0.2, -0.15) is 4.31 Å². The minimum atomic E-state index is -3.70. The summed E-state index contributed by atoms with van der Waals surface area (Å²) in [5.74, 6) is -1.14. The third-order valence-electron chi connectivity index (χ3n) is 2.60. The molecule has 0 bridgehead atoms. The maximum absolute atomic E-state index is 12.2. The van der Waals surface area contributed by atoms with Gasteiger partial charge < -0.3 is 5.11 Å². The monoisotopic (exact) mass is 273 g/mol. The summed E-state index contributed by atoms with van der Waals surface area (Å²) >= 11 is 1.09. The van der Waals surface area contributed by atoms with Crippen LogP contribution in [0.3, 0.4) is 0 Å². The molecule has 2 rings (SSSR count). The summed E-state index contributed by atoms with van der Waals surface area (Å²) < 4.78 is 25.6. The first-order valence-electron chi connectivity index (χ1n) is 4.89.